The largest absolute Gasteiger partial charge is 0.495 e. The van der Waals surface area contributed by atoms with Crippen LogP contribution in [0.5, 0.6) is 11.5 Å². The van der Waals surface area contributed by atoms with Crippen LogP contribution in [0.2, 0.25) is 0 Å². The van der Waals surface area contributed by atoms with Gasteiger partial charge in [0.25, 0.3) is 5.91 Å². The van der Waals surface area contributed by atoms with E-state index in [1.54, 1.807) is 36.2 Å². The van der Waals surface area contributed by atoms with Crippen molar-refractivity contribution in [2.45, 2.75) is 13.0 Å². The number of carbonyl (C=O) groups is 1. The number of methoxy groups -OCH3 is 2. The lowest BCUT2D eigenvalue weighted by Gasteiger charge is -2.26. The summed E-state index contributed by atoms with van der Waals surface area (Å²) in [6.07, 6.45) is 0. The second kappa shape index (κ2) is 7.66. The molecule has 0 saturated carbocycles. The lowest BCUT2D eigenvalue weighted by Crippen LogP contribution is -2.29. The molecule has 2 aromatic carbocycles. The zero-order chi connectivity index (χ0) is 17.9. The van der Waals surface area contributed by atoms with Crippen molar-refractivity contribution < 1.29 is 18.7 Å². The van der Waals surface area contributed by atoms with Gasteiger partial charge < -0.3 is 14.4 Å². The van der Waals surface area contributed by atoms with Gasteiger partial charge in [0, 0.05) is 12.6 Å². The van der Waals surface area contributed by atoms with Crippen LogP contribution in [-0.2, 0) is 0 Å². The Balaban J connectivity index is 2.31. The highest BCUT2D eigenvalue weighted by atomic mass is 79.9. The first-order valence-electron chi connectivity index (χ1n) is 7.33. The molecule has 0 N–H and O–H groups in total. The van der Waals surface area contributed by atoms with Crippen molar-refractivity contribution in [2.75, 3.05) is 21.3 Å². The number of halogens is 2. The third-order valence-corrected chi connectivity index (χ3v) is 4.73. The fourth-order valence-corrected chi connectivity index (χ4v) is 2.89. The summed E-state index contributed by atoms with van der Waals surface area (Å²) in [5, 5.41) is 0. The summed E-state index contributed by atoms with van der Waals surface area (Å²) in [7, 11) is 4.76. The van der Waals surface area contributed by atoms with Gasteiger partial charge >= 0.3 is 0 Å². The van der Waals surface area contributed by atoms with Crippen molar-refractivity contribution in [1.29, 1.82) is 0 Å². The van der Waals surface area contributed by atoms with Gasteiger partial charge in [-0.15, -0.1) is 0 Å². The zero-order valence-corrected chi connectivity index (χ0v) is 15.6. The number of hydrogen-bond acceptors (Lipinski definition) is 3. The first-order chi connectivity index (χ1) is 11.4. The van der Waals surface area contributed by atoms with Gasteiger partial charge in [-0.3, -0.25) is 4.79 Å². The first-order valence-corrected chi connectivity index (χ1v) is 8.12. The highest BCUT2D eigenvalue weighted by molar-refractivity contribution is 9.10. The van der Waals surface area contributed by atoms with Crippen molar-refractivity contribution >= 4 is 21.8 Å². The third kappa shape index (κ3) is 3.70. The molecule has 0 saturated heterocycles. The summed E-state index contributed by atoms with van der Waals surface area (Å²) in [6, 6.07) is 9.22. The fraction of sp³-hybridized carbons (Fsp3) is 0.278. The van der Waals surface area contributed by atoms with Gasteiger partial charge in [-0.05, 0) is 52.7 Å². The van der Waals surface area contributed by atoms with Gasteiger partial charge in [-0.1, -0.05) is 12.1 Å². The molecule has 6 heteroatoms. The zero-order valence-electron chi connectivity index (χ0n) is 14.0. The number of benzene rings is 2. The number of ether oxygens (including phenoxy) is 2. The number of nitrogens with zero attached hydrogens (tertiary/aromatic N) is 1. The minimum absolute atomic E-state index is 0.184. The second-order valence-electron chi connectivity index (χ2n) is 5.34. The molecule has 0 aromatic heterocycles. The van der Waals surface area contributed by atoms with Gasteiger partial charge in [0.15, 0.2) is 0 Å². The maximum Gasteiger partial charge on any atom is 0.254 e. The summed E-state index contributed by atoms with van der Waals surface area (Å²) in [5.74, 6) is 0.541. The molecular formula is C18H19BrFNO3. The Bertz CT molecular complexity index is 709. The molecule has 0 aliphatic rings. The van der Waals surface area contributed by atoms with E-state index in [0.29, 0.717) is 21.5 Å². The molecule has 2 aromatic rings. The molecule has 0 spiro atoms. The van der Waals surface area contributed by atoms with Gasteiger partial charge in [0.1, 0.15) is 21.8 Å². The van der Waals surface area contributed by atoms with Crippen LogP contribution in [0.1, 0.15) is 28.9 Å². The smallest absolute Gasteiger partial charge is 0.254 e. The van der Waals surface area contributed by atoms with Crippen LogP contribution in [0.15, 0.2) is 40.9 Å². The summed E-state index contributed by atoms with van der Waals surface area (Å²) in [6.45, 7) is 1.89. The van der Waals surface area contributed by atoms with Gasteiger partial charge in [0.2, 0.25) is 0 Å². The summed E-state index contributed by atoms with van der Waals surface area (Å²) >= 11 is 3.38. The first kappa shape index (κ1) is 18.3. The number of carbonyl (C=O) groups excluding carboxylic acids is 1. The third-order valence-electron chi connectivity index (χ3n) is 3.95. The highest BCUT2D eigenvalue weighted by Gasteiger charge is 2.21. The standard InChI is InChI=1S/C18H19BrFNO3/c1-11(12-5-7-14(20)8-6-12)21(2)18(22)13-9-15(23-3)17(19)16(10-13)24-4/h5-11H,1-4H3. The minimum Gasteiger partial charge on any atom is -0.495 e. The summed E-state index contributed by atoms with van der Waals surface area (Å²) in [5.41, 5.74) is 1.30. The Kier molecular flexibility index (Phi) is 5.83. The molecule has 0 radical (unpaired) electrons. The van der Waals surface area contributed by atoms with E-state index in [9.17, 15) is 9.18 Å². The normalized spacial score (nSPS) is 11.8. The van der Waals surface area contributed by atoms with Crippen molar-refractivity contribution in [1.82, 2.24) is 4.90 Å². The van der Waals surface area contributed by atoms with Crippen LogP contribution in [0.4, 0.5) is 4.39 Å². The molecule has 1 unspecified atom stereocenters. The van der Waals surface area contributed by atoms with Gasteiger partial charge in [-0.2, -0.15) is 0 Å². The van der Waals surface area contributed by atoms with Crippen LogP contribution >= 0.6 is 15.9 Å². The average Bonchev–Trinajstić information content (AvgIpc) is 2.60. The Labute approximate surface area is 149 Å². The molecule has 0 heterocycles. The van der Waals surface area contributed by atoms with E-state index in [-0.39, 0.29) is 17.8 Å². The monoisotopic (exact) mass is 395 g/mol. The number of hydrogen-bond donors (Lipinski definition) is 0. The number of rotatable bonds is 5. The molecule has 0 bridgehead atoms. The van der Waals surface area contributed by atoms with E-state index < -0.39 is 0 Å². The van der Waals surface area contributed by atoms with Crippen molar-refractivity contribution in [2.24, 2.45) is 0 Å². The molecule has 128 valence electrons. The fourth-order valence-electron chi connectivity index (χ4n) is 2.34. The molecule has 1 atom stereocenters. The predicted octanol–water partition coefficient (Wildman–Crippen LogP) is 4.44. The predicted molar refractivity (Wildman–Crippen MR) is 94.2 cm³/mol. The molecule has 24 heavy (non-hydrogen) atoms. The van der Waals surface area contributed by atoms with E-state index in [1.807, 2.05) is 6.92 Å². The molecule has 0 aliphatic heterocycles. The van der Waals surface area contributed by atoms with Crippen LogP contribution in [-0.4, -0.2) is 32.1 Å². The molecule has 0 fully saturated rings. The SMILES string of the molecule is COc1cc(C(=O)N(C)C(C)c2ccc(F)cc2)cc(OC)c1Br. The Morgan fingerprint density at radius 3 is 2.08 bits per heavy atom. The maximum atomic E-state index is 13.1. The molecule has 0 aliphatic carbocycles. The van der Waals surface area contributed by atoms with E-state index in [2.05, 4.69) is 15.9 Å². The van der Waals surface area contributed by atoms with E-state index >= 15 is 0 Å². The quantitative estimate of drug-likeness (QED) is 0.750. The minimum atomic E-state index is -0.303. The van der Waals surface area contributed by atoms with Gasteiger partial charge in [-0.25, -0.2) is 4.39 Å². The lowest BCUT2D eigenvalue weighted by molar-refractivity contribution is 0.0742. The maximum absolute atomic E-state index is 13.1. The average molecular weight is 396 g/mol. The van der Waals surface area contributed by atoms with E-state index in [0.717, 1.165) is 5.56 Å². The number of amides is 1. The lowest BCUT2D eigenvalue weighted by atomic mass is 10.1. The van der Waals surface area contributed by atoms with Crippen LogP contribution in [0, 0.1) is 5.82 Å². The molecule has 4 nitrogen and oxygen atoms in total. The second-order valence-corrected chi connectivity index (χ2v) is 6.13. The van der Waals surface area contributed by atoms with Crippen molar-refractivity contribution in [3.05, 3.63) is 57.8 Å². The van der Waals surface area contributed by atoms with Crippen molar-refractivity contribution in [3.63, 3.8) is 0 Å². The summed E-state index contributed by atoms with van der Waals surface area (Å²) in [4.78, 5) is 14.4. The topological polar surface area (TPSA) is 38.8 Å². The van der Waals surface area contributed by atoms with E-state index in [1.165, 1.54) is 26.4 Å². The van der Waals surface area contributed by atoms with Crippen LogP contribution in [0.25, 0.3) is 0 Å². The Morgan fingerprint density at radius 1 is 1.12 bits per heavy atom. The van der Waals surface area contributed by atoms with E-state index in [4.69, 9.17) is 9.47 Å². The van der Waals surface area contributed by atoms with Crippen molar-refractivity contribution in [3.8, 4) is 11.5 Å². The highest BCUT2D eigenvalue weighted by Crippen LogP contribution is 2.36. The van der Waals surface area contributed by atoms with Crippen LogP contribution < -0.4 is 9.47 Å². The molecular weight excluding hydrogens is 377 g/mol. The summed E-state index contributed by atoms with van der Waals surface area (Å²) < 4.78 is 24.3. The van der Waals surface area contributed by atoms with Gasteiger partial charge in [0.05, 0.1) is 20.3 Å². The Morgan fingerprint density at radius 2 is 1.62 bits per heavy atom. The Hall–Kier alpha value is -2.08. The molecule has 1 amide bonds. The molecule has 2 rings (SSSR count). The van der Waals surface area contributed by atoms with Crippen LogP contribution in [0.3, 0.4) is 0 Å².